The minimum Gasteiger partial charge on any atom is -0.342 e. The Labute approximate surface area is 121 Å². The van der Waals surface area contributed by atoms with E-state index in [9.17, 15) is 4.79 Å². The summed E-state index contributed by atoms with van der Waals surface area (Å²) in [5.74, 6) is 1.15. The van der Waals surface area contributed by atoms with E-state index in [1.807, 2.05) is 0 Å². The van der Waals surface area contributed by atoms with Crippen LogP contribution in [-0.4, -0.2) is 36.5 Å². The van der Waals surface area contributed by atoms with E-state index >= 15 is 0 Å². The number of nitrogens with one attached hydrogen (secondary N) is 1. The molecule has 1 N–H and O–H groups in total. The van der Waals surface area contributed by atoms with E-state index in [0.717, 1.165) is 38.9 Å². The van der Waals surface area contributed by atoms with Gasteiger partial charge in [-0.2, -0.15) is 0 Å². The Bertz CT molecular complexity index is 459. The molecule has 2 aliphatic rings. The lowest BCUT2D eigenvalue weighted by molar-refractivity contribution is -0.135. The van der Waals surface area contributed by atoms with E-state index in [-0.39, 0.29) is 5.92 Å². The summed E-state index contributed by atoms with van der Waals surface area (Å²) < 4.78 is 0. The zero-order valence-electron chi connectivity index (χ0n) is 12.2. The average molecular weight is 272 g/mol. The zero-order valence-corrected chi connectivity index (χ0v) is 12.2. The van der Waals surface area contributed by atoms with Crippen molar-refractivity contribution >= 4 is 5.91 Å². The second-order valence-electron chi connectivity index (χ2n) is 6.26. The predicted molar refractivity (Wildman–Crippen MR) is 80.6 cm³/mol. The largest absolute Gasteiger partial charge is 0.342 e. The van der Waals surface area contributed by atoms with Crippen LogP contribution >= 0.6 is 0 Å². The number of hydrogen-bond donors (Lipinski definition) is 1. The van der Waals surface area contributed by atoms with Crippen LogP contribution in [0.3, 0.4) is 0 Å². The topological polar surface area (TPSA) is 32.3 Å². The highest BCUT2D eigenvalue weighted by molar-refractivity contribution is 5.79. The number of nitrogens with zero attached hydrogens (tertiary/aromatic N) is 1. The zero-order chi connectivity index (χ0) is 13.9. The highest BCUT2D eigenvalue weighted by atomic mass is 16.2. The van der Waals surface area contributed by atoms with Crippen molar-refractivity contribution < 1.29 is 4.79 Å². The highest BCUT2D eigenvalue weighted by Crippen LogP contribution is 2.29. The maximum absolute atomic E-state index is 12.6. The van der Waals surface area contributed by atoms with Crippen LogP contribution in [-0.2, 0) is 4.79 Å². The molecule has 2 aliphatic heterocycles. The number of carbonyl (C=O) groups is 1. The Hall–Kier alpha value is -1.35. The van der Waals surface area contributed by atoms with Gasteiger partial charge in [0.05, 0.1) is 0 Å². The molecule has 1 amide bonds. The fourth-order valence-electron chi connectivity index (χ4n) is 3.57. The van der Waals surface area contributed by atoms with E-state index < -0.39 is 0 Å². The standard InChI is InChI=1S/C17H24N2O/c1-13-11-15(7-9-18-13)17(20)19-10-8-16(12-19)14-5-3-2-4-6-14/h2-6,13,15-16,18H,7-12H2,1H3. The first-order valence-electron chi connectivity index (χ1n) is 7.81. The van der Waals surface area contributed by atoms with Crippen molar-refractivity contribution in [3.8, 4) is 0 Å². The number of benzene rings is 1. The summed E-state index contributed by atoms with van der Waals surface area (Å²) in [4.78, 5) is 14.7. The van der Waals surface area contributed by atoms with Gasteiger partial charge in [0.2, 0.25) is 5.91 Å². The number of likely N-dealkylation sites (tertiary alicyclic amines) is 1. The van der Waals surface area contributed by atoms with Crippen LogP contribution in [0.5, 0.6) is 0 Å². The van der Waals surface area contributed by atoms with Crippen LogP contribution in [0.15, 0.2) is 30.3 Å². The van der Waals surface area contributed by atoms with Crippen molar-refractivity contribution in [3.05, 3.63) is 35.9 Å². The molecule has 0 aliphatic carbocycles. The normalized spacial score (nSPS) is 30.4. The van der Waals surface area contributed by atoms with Crippen molar-refractivity contribution in [2.24, 2.45) is 5.92 Å². The smallest absolute Gasteiger partial charge is 0.225 e. The van der Waals surface area contributed by atoms with Gasteiger partial charge in [-0.05, 0) is 38.3 Å². The highest BCUT2D eigenvalue weighted by Gasteiger charge is 2.33. The maximum atomic E-state index is 12.6. The second-order valence-corrected chi connectivity index (χ2v) is 6.26. The maximum Gasteiger partial charge on any atom is 0.225 e. The Kier molecular flexibility index (Phi) is 4.06. The molecule has 0 radical (unpaired) electrons. The quantitative estimate of drug-likeness (QED) is 0.896. The third-order valence-corrected chi connectivity index (χ3v) is 4.74. The molecule has 2 heterocycles. The summed E-state index contributed by atoms with van der Waals surface area (Å²) >= 11 is 0. The van der Waals surface area contributed by atoms with E-state index in [4.69, 9.17) is 0 Å². The van der Waals surface area contributed by atoms with Crippen molar-refractivity contribution in [2.75, 3.05) is 19.6 Å². The van der Waals surface area contributed by atoms with Crippen LogP contribution in [0.25, 0.3) is 0 Å². The van der Waals surface area contributed by atoms with Crippen molar-refractivity contribution in [3.63, 3.8) is 0 Å². The van der Waals surface area contributed by atoms with Crippen LogP contribution < -0.4 is 5.32 Å². The molecule has 108 valence electrons. The fraction of sp³-hybridized carbons (Fsp3) is 0.588. The Morgan fingerprint density at radius 2 is 2.05 bits per heavy atom. The Balaban J connectivity index is 1.61. The molecule has 3 unspecified atom stereocenters. The van der Waals surface area contributed by atoms with Crippen LogP contribution in [0.4, 0.5) is 0 Å². The van der Waals surface area contributed by atoms with Gasteiger partial charge in [-0.25, -0.2) is 0 Å². The van der Waals surface area contributed by atoms with Crippen LogP contribution in [0.2, 0.25) is 0 Å². The van der Waals surface area contributed by atoms with Gasteiger partial charge in [-0.15, -0.1) is 0 Å². The molecule has 3 nitrogen and oxygen atoms in total. The number of hydrogen-bond acceptors (Lipinski definition) is 2. The van der Waals surface area contributed by atoms with Gasteiger partial charge in [0.1, 0.15) is 0 Å². The molecule has 1 aromatic rings. The Morgan fingerprint density at radius 1 is 1.25 bits per heavy atom. The first kappa shape index (κ1) is 13.6. The van der Waals surface area contributed by atoms with Crippen LogP contribution in [0, 0.1) is 5.92 Å². The molecule has 0 aromatic heterocycles. The van der Waals surface area contributed by atoms with Crippen molar-refractivity contribution in [1.82, 2.24) is 10.2 Å². The molecular weight excluding hydrogens is 248 g/mol. The van der Waals surface area contributed by atoms with Crippen LogP contribution in [0.1, 0.15) is 37.7 Å². The lowest BCUT2D eigenvalue weighted by Crippen LogP contribution is -2.43. The third kappa shape index (κ3) is 2.88. The summed E-state index contributed by atoms with van der Waals surface area (Å²) in [7, 11) is 0. The molecule has 0 bridgehead atoms. The van der Waals surface area contributed by atoms with E-state index in [1.54, 1.807) is 0 Å². The number of carbonyl (C=O) groups excluding carboxylic acids is 1. The van der Waals surface area contributed by atoms with Gasteiger partial charge >= 0.3 is 0 Å². The number of piperidine rings is 1. The predicted octanol–water partition coefficient (Wildman–Crippen LogP) is 2.39. The molecule has 3 heteroatoms. The minimum atomic E-state index is 0.237. The lowest BCUT2D eigenvalue weighted by Gasteiger charge is -2.30. The van der Waals surface area contributed by atoms with Crippen molar-refractivity contribution in [2.45, 2.75) is 38.1 Å². The molecule has 3 atom stereocenters. The van der Waals surface area contributed by atoms with Gasteiger partial charge in [0.15, 0.2) is 0 Å². The van der Waals surface area contributed by atoms with Gasteiger partial charge < -0.3 is 10.2 Å². The summed E-state index contributed by atoms with van der Waals surface area (Å²) in [6.07, 6.45) is 3.09. The molecule has 2 fully saturated rings. The molecule has 2 saturated heterocycles. The van der Waals surface area contributed by atoms with Gasteiger partial charge in [0.25, 0.3) is 0 Å². The average Bonchev–Trinajstić information content (AvgIpc) is 2.97. The monoisotopic (exact) mass is 272 g/mol. The van der Waals surface area contributed by atoms with E-state index in [1.165, 1.54) is 5.56 Å². The molecule has 20 heavy (non-hydrogen) atoms. The Morgan fingerprint density at radius 3 is 2.80 bits per heavy atom. The summed E-state index contributed by atoms with van der Waals surface area (Å²) in [6.45, 7) is 4.99. The fourth-order valence-corrected chi connectivity index (χ4v) is 3.57. The van der Waals surface area contributed by atoms with E-state index in [0.29, 0.717) is 17.9 Å². The van der Waals surface area contributed by atoms with Crippen molar-refractivity contribution in [1.29, 1.82) is 0 Å². The molecule has 0 saturated carbocycles. The first-order chi connectivity index (χ1) is 9.74. The molecule has 1 aromatic carbocycles. The molecule has 3 rings (SSSR count). The summed E-state index contributed by atoms with van der Waals surface area (Å²) in [5.41, 5.74) is 1.38. The summed E-state index contributed by atoms with van der Waals surface area (Å²) in [5, 5.41) is 3.42. The number of amides is 1. The van der Waals surface area contributed by atoms with Gasteiger partial charge in [0, 0.05) is 31.0 Å². The minimum absolute atomic E-state index is 0.237. The van der Waals surface area contributed by atoms with Gasteiger partial charge in [-0.3, -0.25) is 4.79 Å². The van der Waals surface area contributed by atoms with E-state index in [2.05, 4.69) is 47.5 Å². The lowest BCUT2D eigenvalue weighted by atomic mass is 9.92. The van der Waals surface area contributed by atoms with Gasteiger partial charge in [-0.1, -0.05) is 30.3 Å². The second kappa shape index (κ2) is 5.96. The first-order valence-corrected chi connectivity index (χ1v) is 7.81. The molecular formula is C17H24N2O. The summed E-state index contributed by atoms with van der Waals surface area (Å²) in [6, 6.07) is 11.1. The SMILES string of the molecule is CC1CC(C(=O)N2CCC(c3ccccc3)C2)CCN1. The molecule has 0 spiro atoms. The third-order valence-electron chi connectivity index (χ3n) is 4.74. The number of rotatable bonds is 2.